The minimum atomic E-state index is 0.449. The first-order valence-corrected chi connectivity index (χ1v) is 8.15. The summed E-state index contributed by atoms with van der Waals surface area (Å²) >= 11 is 3.31. The quantitative estimate of drug-likeness (QED) is 0.801. The Morgan fingerprint density at radius 3 is 2.59 bits per heavy atom. The fourth-order valence-corrected chi connectivity index (χ4v) is 2.75. The van der Waals surface area contributed by atoms with Gasteiger partial charge in [0.25, 0.3) is 0 Å². The van der Waals surface area contributed by atoms with Crippen LogP contribution in [0.4, 0.5) is 0 Å². The molecule has 0 atom stereocenters. The van der Waals surface area contributed by atoms with Crippen LogP contribution < -0.4 is 4.74 Å². The van der Waals surface area contributed by atoms with E-state index in [4.69, 9.17) is 4.74 Å². The van der Waals surface area contributed by atoms with Gasteiger partial charge < -0.3 is 4.74 Å². The van der Waals surface area contributed by atoms with E-state index >= 15 is 0 Å². The van der Waals surface area contributed by atoms with E-state index in [0.717, 1.165) is 42.8 Å². The second kappa shape index (κ2) is 7.15. The molecule has 0 spiro atoms. The number of likely N-dealkylation sites (tertiary alicyclic amines) is 1. The number of halogens is 1. The Labute approximate surface area is 137 Å². The summed E-state index contributed by atoms with van der Waals surface area (Å²) in [5.41, 5.74) is 0. The van der Waals surface area contributed by atoms with Crippen LogP contribution in [0.5, 0.6) is 6.01 Å². The highest BCUT2D eigenvalue weighted by Crippen LogP contribution is 2.19. The number of nitrogens with zero attached hydrogens (tertiary/aromatic N) is 6. The lowest BCUT2D eigenvalue weighted by Gasteiger charge is -2.31. The molecule has 22 heavy (non-hydrogen) atoms. The first kappa shape index (κ1) is 15.4. The lowest BCUT2D eigenvalue weighted by atomic mass is 9.98. The van der Waals surface area contributed by atoms with Crippen molar-refractivity contribution in [2.75, 3.05) is 19.7 Å². The minimum absolute atomic E-state index is 0.449. The number of hydrogen-bond acceptors (Lipinski definition) is 6. The number of aromatic nitrogens is 5. The largest absolute Gasteiger partial charge is 0.463 e. The maximum Gasteiger partial charge on any atom is 0.316 e. The molecule has 0 N–H and O–H groups in total. The molecule has 0 bridgehead atoms. The lowest BCUT2D eigenvalue weighted by Crippen LogP contribution is -2.35. The fraction of sp³-hybridized carbons (Fsp3) is 0.571. The Morgan fingerprint density at radius 1 is 1.23 bits per heavy atom. The summed E-state index contributed by atoms with van der Waals surface area (Å²) in [4.78, 5) is 14.9. The molecular weight excluding hydrogens is 348 g/mol. The third-order valence-corrected chi connectivity index (χ3v) is 4.33. The molecule has 8 heteroatoms. The zero-order valence-corrected chi connectivity index (χ0v) is 14.1. The van der Waals surface area contributed by atoms with Gasteiger partial charge in [0, 0.05) is 19.4 Å². The van der Waals surface area contributed by atoms with Gasteiger partial charge in [0.1, 0.15) is 12.2 Å². The van der Waals surface area contributed by atoms with E-state index in [1.54, 1.807) is 18.7 Å². The molecule has 1 saturated heterocycles. The minimum Gasteiger partial charge on any atom is -0.463 e. The number of rotatable bonds is 5. The standard InChI is InChI=1S/C14H19BrN6O/c1-20-13(18-10-19-20)8-21-4-2-11(3-5-21)9-22-14-16-6-12(15)7-17-14/h6-7,10-11H,2-5,8-9H2,1H3. The predicted molar refractivity (Wildman–Crippen MR) is 84.2 cm³/mol. The third-order valence-electron chi connectivity index (χ3n) is 3.92. The summed E-state index contributed by atoms with van der Waals surface area (Å²) in [6.45, 7) is 3.66. The van der Waals surface area contributed by atoms with Crippen molar-refractivity contribution in [1.29, 1.82) is 0 Å². The number of aryl methyl sites for hydroxylation is 1. The van der Waals surface area contributed by atoms with Gasteiger partial charge in [-0.15, -0.1) is 0 Å². The van der Waals surface area contributed by atoms with Gasteiger partial charge in [-0.05, 0) is 47.8 Å². The summed E-state index contributed by atoms with van der Waals surface area (Å²) in [5.74, 6) is 1.57. The highest BCUT2D eigenvalue weighted by atomic mass is 79.9. The van der Waals surface area contributed by atoms with E-state index in [9.17, 15) is 0 Å². The number of ether oxygens (including phenoxy) is 1. The second-order valence-electron chi connectivity index (χ2n) is 5.51. The van der Waals surface area contributed by atoms with E-state index in [1.807, 2.05) is 11.7 Å². The number of hydrogen-bond donors (Lipinski definition) is 0. The summed E-state index contributed by atoms with van der Waals surface area (Å²) < 4.78 is 8.36. The van der Waals surface area contributed by atoms with Gasteiger partial charge in [0.2, 0.25) is 0 Å². The molecule has 0 saturated carbocycles. The maximum absolute atomic E-state index is 5.67. The normalized spacial score (nSPS) is 16.8. The van der Waals surface area contributed by atoms with Crippen LogP contribution >= 0.6 is 15.9 Å². The Balaban J connectivity index is 1.42. The van der Waals surface area contributed by atoms with E-state index < -0.39 is 0 Å². The smallest absolute Gasteiger partial charge is 0.316 e. The molecule has 0 amide bonds. The molecule has 7 nitrogen and oxygen atoms in total. The van der Waals surface area contributed by atoms with Crippen LogP contribution in [0.15, 0.2) is 23.2 Å². The Bertz CT molecular complexity index is 594. The Hall–Kier alpha value is -1.54. The molecule has 0 aliphatic carbocycles. The van der Waals surface area contributed by atoms with Gasteiger partial charge in [-0.1, -0.05) is 0 Å². The fourth-order valence-electron chi connectivity index (χ4n) is 2.54. The van der Waals surface area contributed by atoms with Crippen molar-refractivity contribution in [3.8, 4) is 6.01 Å². The lowest BCUT2D eigenvalue weighted by molar-refractivity contribution is 0.129. The van der Waals surface area contributed by atoms with Crippen LogP contribution in [0, 0.1) is 5.92 Å². The molecule has 2 aromatic rings. The van der Waals surface area contributed by atoms with Gasteiger partial charge in [-0.3, -0.25) is 9.58 Å². The summed E-state index contributed by atoms with van der Waals surface area (Å²) in [5, 5.41) is 4.11. The predicted octanol–water partition coefficient (Wildman–Crippen LogP) is 1.66. The van der Waals surface area contributed by atoms with Gasteiger partial charge in [-0.2, -0.15) is 5.10 Å². The van der Waals surface area contributed by atoms with Gasteiger partial charge in [0.15, 0.2) is 0 Å². The monoisotopic (exact) mass is 366 g/mol. The van der Waals surface area contributed by atoms with Crippen LogP contribution in [-0.2, 0) is 13.6 Å². The highest BCUT2D eigenvalue weighted by molar-refractivity contribution is 9.10. The third kappa shape index (κ3) is 4.01. The summed E-state index contributed by atoms with van der Waals surface area (Å²) in [6.07, 6.45) is 7.24. The molecule has 0 unspecified atom stereocenters. The van der Waals surface area contributed by atoms with Crippen molar-refractivity contribution < 1.29 is 4.74 Å². The topological polar surface area (TPSA) is 69.0 Å². The van der Waals surface area contributed by atoms with Gasteiger partial charge in [0.05, 0.1) is 17.6 Å². The molecule has 0 aromatic carbocycles. The molecule has 1 aliphatic heterocycles. The van der Waals surface area contributed by atoms with Crippen LogP contribution in [0.3, 0.4) is 0 Å². The van der Waals surface area contributed by atoms with E-state index in [1.165, 1.54) is 0 Å². The second-order valence-corrected chi connectivity index (χ2v) is 6.43. The summed E-state index contributed by atoms with van der Waals surface area (Å²) in [6, 6.07) is 0.449. The first-order chi connectivity index (χ1) is 10.7. The average Bonchev–Trinajstić information content (AvgIpc) is 2.93. The van der Waals surface area contributed by atoms with Crippen molar-refractivity contribution in [3.05, 3.63) is 29.0 Å². The van der Waals surface area contributed by atoms with Crippen molar-refractivity contribution >= 4 is 15.9 Å². The van der Waals surface area contributed by atoms with E-state index in [-0.39, 0.29) is 0 Å². The van der Waals surface area contributed by atoms with Crippen molar-refractivity contribution in [2.45, 2.75) is 19.4 Å². The highest BCUT2D eigenvalue weighted by Gasteiger charge is 2.21. The van der Waals surface area contributed by atoms with Crippen molar-refractivity contribution in [3.63, 3.8) is 0 Å². The average molecular weight is 367 g/mol. The first-order valence-electron chi connectivity index (χ1n) is 7.36. The van der Waals surface area contributed by atoms with Crippen LogP contribution in [0.25, 0.3) is 0 Å². The molecule has 118 valence electrons. The molecule has 2 aromatic heterocycles. The van der Waals surface area contributed by atoms with Crippen LogP contribution in [-0.4, -0.2) is 49.3 Å². The SMILES string of the molecule is Cn1ncnc1CN1CCC(COc2ncc(Br)cn2)CC1. The molecular formula is C14H19BrN6O. The number of piperidine rings is 1. The Morgan fingerprint density at radius 2 is 1.95 bits per heavy atom. The van der Waals surface area contributed by atoms with Crippen molar-refractivity contribution in [2.24, 2.45) is 13.0 Å². The summed E-state index contributed by atoms with van der Waals surface area (Å²) in [7, 11) is 1.93. The zero-order valence-electron chi connectivity index (χ0n) is 12.5. The molecule has 3 rings (SSSR count). The van der Waals surface area contributed by atoms with E-state index in [0.29, 0.717) is 18.5 Å². The van der Waals surface area contributed by atoms with Crippen LogP contribution in [0.1, 0.15) is 18.7 Å². The molecule has 0 radical (unpaired) electrons. The van der Waals surface area contributed by atoms with Crippen LogP contribution in [0.2, 0.25) is 0 Å². The Kier molecular flexibility index (Phi) is 4.99. The zero-order chi connectivity index (χ0) is 15.4. The van der Waals surface area contributed by atoms with E-state index in [2.05, 4.69) is 40.9 Å². The molecule has 1 fully saturated rings. The van der Waals surface area contributed by atoms with Gasteiger partial charge >= 0.3 is 6.01 Å². The molecule has 3 heterocycles. The van der Waals surface area contributed by atoms with Crippen molar-refractivity contribution in [1.82, 2.24) is 29.6 Å². The van der Waals surface area contributed by atoms with Gasteiger partial charge in [-0.25, -0.2) is 15.0 Å². The maximum atomic E-state index is 5.67. The molecule has 1 aliphatic rings.